The van der Waals surface area contributed by atoms with Crippen molar-refractivity contribution in [2.75, 3.05) is 4.90 Å². The molecule has 0 unspecified atom stereocenters. The molecule has 0 aliphatic carbocycles. The molecule has 1 heterocycles. The van der Waals surface area contributed by atoms with Crippen LogP contribution in [0.15, 0.2) is 243 Å². The van der Waals surface area contributed by atoms with E-state index in [2.05, 4.69) is 252 Å². The average molecular weight is 765 g/mol. The Balaban J connectivity index is 0.972. The quantitative estimate of drug-likeness (QED) is 0.150. The summed E-state index contributed by atoms with van der Waals surface area (Å²) in [7, 11) is 0. The summed E-state index contributed by atoms with van der Waals surface area (Å²) in [5.41, 5.74) is 16.4. The molecule has 11 aromatic rings. The predicted molar refractivity (Wildman–Crippen MR) is 255 cm³/mol. The minimum absolute atomic E-state index is 1.09. The second-order valence-corrected chi connectivity index (χ2v) is 15.3. The SMILES string of the molecule is c1ccc(-c2ccc(-c3ccccc3N(c3ccc(-c4ccccc4)cc3)c3ccc(-c4ccc(-n5c6ccccc6c6ccc7ccccc7c65)cc4)cc3)cc2)cc1. The van der Waals surface area contributed by atoms with Crippen LogP contribution in [0.2, 0.25) is 0 Å². The van der Waals surface area contributed by atoms with Crippen molar-refractivity contribution in [3.05, 3.63) is 243 Å². The number of nitrogens with zero attached hydrogens (tertiary/aromatic N) is 2. The van der Waals surface area contributed by atoms with E-state index in [1.165, 1.54) is 77.1 Å². The third kappa shape index (κ3) is 6.32. The van der Waals surface area contributed by atoms with Gasteiger partial charge in [0.1, 0.15) is 0 Å². The van der Waals surface area contributed by atoms with Gasteiger partial charge >= 0.3 is 0 Å². The Bertz CT molecular complexity index is 3250. The van der Waals surface area contributed by atoms with Crippen molar-refractivity contribution in [3.63, 3.8) is 0 Å². The third-order valence-electron chi connectivity index (χ3n) is 11.8. The molecule has 11 rings (SSSR count). The maximum absolute atomic E-state index is 2.42. The third-order valence-corrected chi connectivity index (χ3v) is 11.8. The van der Waals surface area contributed by atoms with Crippen molar-refractivity contribution in [2.45, 2.75) is 0 Å². The fourth-order valence-electron chi connectivity index (χ4n) is 8.85. The van der Waals surface area contributed by atoms with Crippen molar-refractivity contribution in [1.29, 1.82) is 0 Å². The standard InChI is InChI=1S/C58H40N2/c1-3-13-41(14-4-1)43-23-25-48(26-24-43)52-18-9-11-21-56(52)59(49-34-27-44(28-35-49)42-15-5-2-6-16-42)50-36-29-45(30-37-50)46-31-38-51(39-32-46)60-57-22-12-10-20-54(57)55-40-33-47-17-7-8-19-53(47)58(55)60/h1-40H. The van der Waals surface area contributed by atoms with Gasteiger partial charge in [-0.1, -0.05) is 194 Å². The summed E-state index contributed by atoms with van der Waals surface area (Å²) in [5.74, 6) is 0. The van der Waals surface area contributed by atoms with Crippen molar-refractivity contribution in [2.24, 2.45) is 0 Å². The highest BCUT2D eigenvalue weighted by Gasteiger charge is 2.19. The van der Waals surface area contributed by atoms with E-state index in [0.29, 0.717) is 0 Å². The van der Waals surface area contributed by atoms with Crippen LogP contribution in [0, 0.1) is 0 Å². The highest BCUT2D eigenvalue weighted by Crippen LogP contribution is 2.43. The van der Waals surface area contributed by atoms with E-state index in [9.17, 15) is 0 Å². The van der Waals surface area contributed by atoms with E-state index in [4.69, 9.17) is 0 Å². The molecule has 0 fully saturated rings. The van der Waals surface area contributed by atoms with Crippen LogP contribution in [0.4, 0.5) is 17.1 Å². The zero-order chi connectivity index (χ0) is 39.8. The molecule has 0 amide bonds. The Morgan fingerprint density at radius 2 is 0.733 bits per heavy atom. The van der Waals surface area contributed by atoms with Gasteiger partial charge in [-0.2, -0.15) is 0 Å². The minimum atomic E-state index is 1.09. The minimum Gasteiger partial charge on any atom is -0.310 e. The average Bonchev–Trinajstić information content (AvgIpc) is 3.68. The van der Waals surface area contributed by atoms with Gasteiger partial charge in [0.05, 0.1) is 16.7 Å². The first-order valence-corrected chi connectivity index (χ1v) is 20.6. The fraction of sp³-hybridized carbons (Fsp3) is 0. The number of anilines is 3. The molecule has 0 saturated carbocycles. The second-order valence-electron chi connectivity index (χ2n) is 15.3. The number of para-hydroxylation sites is 2. The number of fused-ring (bicyclic) bond motifs is 5. The number of hydrogen-bond donors (Lipinski definition) is 0. The van der Waals surface area contributed by atoms with Gasteiger partial charge in [0.25, 0.3) is 0 Å². The van der Waals surface area contributed by atoms with Gasteiger partial charge in [0.2, 0.25) is 0 Å². The molecule has 2 heteroatoms. The van der Waals surface area contributed by atoms with Crippen LogP contribution in [-0.2, 0) is 0 Å². The Labute approximate surface area is 350 Å². The predicted octanol–water partition coefficient (Wildman–Crippen LogP) is 16.1. The molecular weight excluding hydrogens is 725 g/mol. The molecule has 0 N–H and O–H groups in total. The zero-order valence-electron chi connectivity index (χ0n) is 33.0. The van der Waals surface area contributed by atoms with E-state index in [1.54, 1.807) is 0 Å². The number of hydrogen-bond acceptors (Lipinski definition) is 1. The molecule has 0 bridgehead atoms. The van der Waals surface area contributed by atoms with Gasteiger partial charge in [-0.05, 0) is 92.9 Å². The van der Waals surface area contributed by atoms with Crippen LogP contribution < -0.4 is 4.90 Å². The Morgan fingerprint density at radius 1 is 0.283 bits per heavy atom. The molecule has 0 saturated heterocycles. The van der Waals surface area contributed by atoms with Crippen LogP contribution in [0.5, 0.6) is 0 Å². The summed E-state index contributed by atoms with van der Waals surface area (Å²) in [6.45, 7) is 0. The summed E-state index contributed by atoms with van der Waals surface area (Å²) in [5, 5.41) is 5.04. The summed E-state index contributed by atoms with van der Waals surface area (Å²) >= 11 is 0. The van der Waals surface area contributed by atoms with Crippen molar-refractivity contribution < 1.29 is 0 Å². The Hall–Kier alpha value is -7.94. The Kier molecular flexibility index (Phi) is 8.87. The van der Waals surface area contributed by atoms with Gasteiger partial charge in [-0.15, -0.1) is 0 Å². The smallest absolute Gasteiger partial charge is 0.0619 e. The van der Waals surface area contributed by atoms with Crippen LogP contribution in [0.1, 0.15) is 0 Å². The lowest BCUT2D eigenvalue weighted by Gasteiger charge is -2.28. The molecule has 60 heavy (non-hydrogen) atoms. The molecule has 0 atom stereocenters. The van der Waals surface area contributed by atoms with Gasteiger partial charge in [0, 0.05) is 38.8 Å². The number of benzene rings is 10. The lowest BCUT2D eigenvalue weighted by molar-refractivity contribution is 1.19. The summed E-state index contributed by atoms with van der Waals surface area (Å²) < 4.78 is 2.42. The van der Waals surface area contributed by atoms with Gasteiger partial charge in [-0.3, -0.25) is 0 Å². The zero-order valence-corrected chi connectivity index (χ0v) is 33.0. The molecule has 10 aromatic carbocycles. The summed E-state index contributed by atoms with van der Waals surface area (Å²) in [6.07, 6.45) is 0. The first-order valence-electron chi connectivity index (χ1n) is 20.6. The molecule has 0 aliphatic heterocycles. The van der Waals surface area contributed by atoms with E-state index >= 15 is 0 Å². The summed E-state index contributed by atoms with van der Waals surface area (Å²) in [4.78, 5) is 2.38. The van der Waals surface area contributed by atoms with Crippen LogP contribution >= 0.6 is 0 Å². The highest BCUT2D eigenvalue weighted by atomic mass is 15.1. The molecule has 0 spiro atoms. The second kappa shape index (κ2) is 15.1. The maximum Gasteiger partial charge on any atom is 0.0619 e. The van der Waals surface area contributed by atoms with Gasteiger partial charge in [-0.25, -0.2) is 0 Å². The largest absolute Gasteiger partial charge is 0.310 e. The number of rotatable bonds is 8. The lowest BCUT2D eigenvalue weighted by Crippen LogP contribution is -2.11. The molecule has 1 aromatic heterocycles. The van der Waals surface area contributed by atoms with Crippen LogP contribution in [0.25, 0.3) is 82.8 Å². The molecule has 2 nitrogen and oxygen atoms in total. The molecule has 0 aliphatic rings. The first-order chi connectivity index (χ1) is 29.8. The van der Waals surface area contributed by atoms with E-state index < -0.39 is 0 Å². The molecule has 282 valence electrons. The van der Waals surface area contributed by atoms with Gasteiger partial charge < -0.3 is 9.47 Å². The topological polar surface area (TPSA) is 8.17 Å². The van der Waals surface area contributed by atoms with Gasteiger partial charge in [0.15, 0.2) is 0 Å². The monoisotopic (exact) mass is 764 g/mol. The maximum atomic E-state index is 2.42. The first kappa shape index (κ1) is 35.2. The summed E-state index contributed by atoms with van der Waals surface area (Å²) in [6, 6.07) is 87.7. The van der Waals surface area contributed by atoms with Crippen LogP contribution in [0.3, 0.4) is 0 Å². The lowest BCUT2D eigenvalue weighted by atomic mass is 9.98. The van der Waals surface area contributed by atoms with Crippen molar-refractivity contribution in [1.82, 2.24) is 4.57 Å². The normalized spacial score (nSPS) is 11.3. The highest BCUT2D eigenvalue weighted by molar-refractivity contribution is 6.18. The van der Waals surface area contributed by atoms with Crippen LogP contribution in [-0.4, -0.2) is 4.57 Å². The van der Waals surface area contributed by atoms with E-state index in [1.807, 2.05) is 0 Å². The van der Waals surface area contributed by atoms with Crippen molar-refractivity contribution >= 4 is 49.6 Å². The van der Waals surface area contributed by atoms with E-state index in [0.717, 1.165) is 22.7 Å². The number of aromatic nitrogens is 1. The van der Waals surface area contributed by atoms with Crippen molar-refractivity contribution in [3.8, 4) is 50.2 Å². The molecule has 0 radical (unpaired) electrons. The molecular formula is C58H40N2. The van der Waals surface area contributed by atoms with E-state index in [-0.39, 0.29) is 0 Å². The fourth-order valence-corrected chi connectivity index (χ4v) is 8.85. The Morgan fingerprint density at radius 3 is 1.35 bits per heavy atom.